The molecular formula is C12H13Cl2NO2. The molecule has 1 aliphatic carbocycles. The molecule has 1 aromatic carbocycles. The lowest BCUT2D eigenvalue weighted by molar-refractivity contribution is -0.385. The molecule has 0 amide bonds. The van der Waals surface area contributed by atoms with Crippen molar-refractivity contribution >= 4 is 28.9 Å². The highest BCUT2D eigenvalue weighted by Crippen LogP contribution is 2.38. The summed E-state index contributed by atoms with van der Waals surface area (Å²) in [6, 6.07) is 4.80. The Balaban J connectivity index is 2.06. The van der Waals surface area contributed by atoms with Crippen LogP contribution >= 0.6 is 23.2 Å². The zero-order valence-corrected chi connectivity index (χ0v) is 10.7. The van der Waals surface area contributed by atoms with Crippen LogP contribution in [-0.4, -0.2) is 10.3 Å². The van der Waals surface area contributed by atoms with Crippen molar-refractivity contribution in [2.45, 2.75) is 31.1 Å². The van der Waals surface area contributed by atoms with Gasteiger partial charge >= 0.3 is 0 Å². The summed E-state index contributed by atoms with van der Waals surface area (Å²) in [5.41, 5.74) is 0.808. The summed E-state index contributed by atoms with van der Waals surface area (Å²) in [5.74, 6) is 0.614. The number of nitro groups is 1. The van der Waals surface area contributed by atoms with E-state index in [1.54, 1.807) is 12.1 Å². The number of aryl methyl sites for hydroxylation is 1. The van der Waals surface area contributed by atoms with Gasteiger partial charge in [0.05, 0.1) is 4.92 Å². The van der Waals surface area contributed by atoms with Gasteiger partial charge in [0.15, 0.2) is 0 Å². The van der Waals surface area contributed by atoms with E-state index >= 15 is 0 Å². The van der Waals surface area contributed by atoms with E-state index in [1.165, 1.54) is 18.9 Å². The third-order valence-corrected chi connectivity index (χ3v) is 3.88. The van der Waals surface area contributed by atoms with Crippen LogP contribution < -0.4 is 0 Å². The molecule has 0 aliphatic heterocycles. The second kappa shape index (κ2) is 5.23. The van der Waals surface area contributed by atoms with E-state index in [0.717, 1.165) is 6.42 Å². The van der Waals surface area contributed by atoms with E-state index in [4.69, 9.17) is 23.2 Å². The van der Waals surface area contributed by atoms with Crippen molar-refractivity contribution in [1.82, 2.24) is 0 Å². The number of hydrogen-bond acceptors (Lipinski definition) is 2. The van der Waals surface area contributed by atoms with E-state index in [0.29, 0.717) is 22.9 Å². The molecule has 2 rings (SSSR count). The molecule has 17 heavy (non-hydrogen) atoms. The Morgan fingerprint density at radius 3 is 2.76 bits per heavy atom. The normalized spacial score (nSPS) is 16.8. The minimum absolute atomic E-state index is 0.0946. The van der Waals surface area contributed by atoms with Crippen LogP contribution in [0.4, 0.5) is 5.69 Å². The highest BCUT2D eigenvalue weighted by Gasteiger charge is 2.29. The van der Waals surface area contributed by atoms with E-state index in [9.17, 15) is 10.1 Å². The lowest BCUT2D eigenvalue weighted by atomic mass is 10.0. The van der Waals surface area contributed by atoms with E-state index in [-0.39, 0.29) is 16.0 Å². The fraction of sp³-hybridized carbons (Fsp3) is 0.500. The first kappa shape index (κ1) is 12.7. The Morgan fingerprint density at radius 1 is 1.47 bits per heavy atom. The Labute approximate surface area is 110 Å². The predicted molar refractivity (Wildman–Crippen MR) is 68.8 cm³/mol. The molecule has 5 heteroatoms. The summed E-state index contributed by atoms with van der Waals surface area (Å²) in [6.07, 6.45) is 3.81. The minimum atomic E-state index is -0.387. The first-order valence-electron chi connectivity index (χ1n) is 5.65. The van der Waals surface area contributed by atoms with Crippen LogP contribution in [0.5, 0.6) is 0 Å². The molecule has 3 nitrogen and oxygen atoms in total. The third-order valence-electron chi connectivity index (χ3n) is 3.07. The summed E-state index contributed by atoms with van der Waals surface area (Å²) < 4.78 is 0. The number of nitro benzene ring substituents is 1. The van der Waals surface area contributed by atoms with Crippen LogP contribution in [0.15, 0.2) is 18.2 Å². The van der Waals surface area contributed by atoms with Crippen molar-refractivity contribution in [3.8, 4) is 0 Å². The van der Waals surface area contributed by atoms with Crippen molar-refractivity contribution in [3.63, 3.8) is 0 Å². The third kappa shape index (κ3) is 3.33. The molecule has 0 N–H and O–H groups in total. The number of nitrogens with zero attached hydrogens (tertiary/aromatic N) is 1. The number of halogens is 2. The average Bonchev–Trinajstić information content (AvgIpc) is 3.10. The maximum Gasteiger partial charge on any atom is 0.274 e. The number of rotatable bonds is 5. The van der Waals surface area contributed by atoms with Crippen LogP contribution in [0, 0.1) is 16.0 Å². The van der Waals surface area contributed by atoms with Gasteiger partial charge in [-0.25, -0.2) is 0 Å². The predicted octanol–water partition coefficient (Wildman–Crippen LogP) is 4.20. The van der Waals surface area contributed by atoms with Gasteiger partial charge in [0, 0.05) is 22.0 Å². The summed E-state index contributed by atoms with van der Waals surface area (Å²) in [4.78, 5) is 10.5. The Morgan fingerprint density at radius 2 is 2.18 bits per heavy atom. The van der Waals surface area contributed by atoms with Crippen molar-refractivity contribution in [1.29, 1.82) is 0 Å². The fourth-order valence-electron chi connectivity index (χ4n) is 1.91. The van der Waals surface area contributed by atoms with Gasteiger partial charge in [-0.3, -0.25) is 10.1 Å². The van der Waals surface area contributed by atoms with Crippen molar-refractivity contribution in [2.75, 3.05) is 0 Å². The molecule has 1 fully saturated rings. The Kier molecular flexibility index (Phi) is 3.89. The maximum atomic E-state index is 10.9. The second-order valence-electron chi connectivity index (χ2n) is 4.42. The van der Waals surface area contributed by atoms with Crippen LogP contribution in [0.25, 0.3) is 0 Å². The Bertz CT molecular complexity index is 433. The van der Waals surface area contributed by atoms with E-state index in [1.807, 2.05) is 0 Å². The Hall–Kier alpha value is -0.800. The van der Waals surface area contributed by atoms with Gasteiger partial charge in [0.2, 0.25) is 0 Å². The van der Waals surface area contributed by atoms with Gasteiger partial charge in [-0.1, -0.05) is 17.7 Å². The lowest BCUT2D eigenvalue weighted by Gasteiger charge is -2.08. The summed E-state index contributed by atoms with van der Waals surface area (Å²) >= 11 is 11.9. The van der Waals surface area contributed by atoms with Gasteiger partial charge in [-0.15, -0.1) is 11.6 Å². The zero-order chi connectivity index (χ0) is 12.4. The second-order valence-corrected chi connectivity index (χ2v) is 5.42. The van der Waals surface area contributed by atoms with Crippen LogP contribution in [0.1, 0.15) is 24.8 Å². The molecule has 1 atom stereocenters. The van der Waals surface area contributed by atoms with Gasteiger partial charge in [0.25, 0.3) is 5.69 Å². The highest BCUT2D eigenvalue weighted by atomic mass is 35.5. The lowest BCUT2D eigenvalue weighted by Crippen LogP contribution is -2.04. The number of alkyl halides is 1. The molecular weight excluding hydrogens is 261 g/mol. The number of benzene rings is 1. The summed E-state index contributed by atoms with van der Waals surface area (Å²) in [6.45, 7) is 0. The molecule has 1 aliphatic rings. The molecule has 1 saturated carbocycles. The topological polar surface area (TPSA) is 43.1 Å². The van der Waals surface area contributed by atoms with E-state index in [2.05, 4.69) is 0 Å². The molecule has 0 radical (unpaired) electrons. The zero-order valence-electron chi connectivity index (χ0n) is 9.23. The highest BCUT2D eigenvalue weighted by molar-refractivity contribution is 6.30. The molecule has 1 aromatic rings. The molecule has 0 heterocycles. The first-order chi connectivity index (χ1) is 8.08. The van der Waals surface area contributed by atoms with Gasteiger partial charge in [-0.05, 0) is 37.7 Å². The van der Waals surface area contributed by atoms with Gasteiger partial charge < -0.3 is 0 Å². The fourth-order valence-corrected chi connectivity index (χ4v) is 2.43. The monoisotopic (exact) mass is 273 g/mol. The average molecular weight is 274 g/mol. The van der Waals surface area contributed by atoms with Gasteiger partial charge in [-0.2, -0.15) is 0 Å². The standard InChI is InChI=1S/C12H13Cl2NO2/c13-10-5-3-9(12(7-10)15(16)17)4-6-11(14)8-1-2-8/h3,5,7-8,11H,1-2,4,6H2. The molecule has 0 bridgehead atoms. The van der Waals surface area contributed by atoms with Crippen molar-refractivity contribution in [2.24, 2.45) is 5.92 Å². The van der Waals surface area contributed by atoms with E-state index < -0.39 is 0 Å². The SMILES string of the molecule is O=[N+]([O-])c1cc(Cl)ccc1CCC(Cl)C1CC1. The minimum Gasteiger partial charge on any atom is -0.258 e. The summed E-state index contributed by atoms with van der Waals surface area (Å²) in [5, 5.41) is 11.4. The van der Waals surface area contributed by atoms with Gasteiger partial charge in [0.1, 0.15) is 0 Å². The first-order valence-corrected chi connectivity index (χ1v) is 6.46. The molecule has 92 valence electrons. The van der Waals surface area contributed by atoms with Crippen molar-refractivity contribution < 1.29 is 4.92 Å². The van der Waals surface area contributed by atoms with Crippen LogP contribution in [-0.2, 0) is 6.42 Å². The summed E-state index contributed by atoms with van der Waals surface area (Å²) in [7, 11) is 0. The maximum absolute atomic E-state index is 10.9. The molecule has 0 spiro atoms. The molecule has 0 saturated heterocycles. The molecule has 0 aromatic heterocycles. The van der Waals surface area contributed by atoms with Crippen molar-refractivity contribution in [3.05, 3.63) is 38.9 Å². The van der Waals surface area contributed by atoms with Crippen LogP contribution in [0.3, 0.4) is 0 Å². The number of hydrogen-bond donors (Lipinski definition) is 0. The largest absolute Gasteiger partial charge is 0.274 e. The smallest absolute Gasteiger partial charge is 0.258 e. The quantitative estimate of drug-likeness (QED) is 0.459. The molecule has 1 unspecified atom stereocenters. The van der Waals surface area contributed by atoms with Crippen LogP contribution in [0.2, 0.25) is 5.02 Å².